The minimum atomic E-state index is -0.459. The van der Waals surface area contributed by atoms with Crippen LogP contribution in [0, 0.1) is 24.0 Å². The largest absolute Gasteiger partial charge is 0.374 e. The van der Waals surface area contributed by atoms with Gasteiger partial charge < -0.3 is 11.1 Å². The Kier molecular flexibility index (Phi) is 3.61. The summed E-state index contributed by atoms with van der Waals surface area (Å²) in [5.41, 5.74) is 6.97. The quantitative estimate of drug-likeness (QED) is 0.657. The van der Waals surface area contributed by atoms with Crippen LogP contribution in [0.4, 0.5) is 16.5 Å². The maximum absolute atomic E-state index is 11.9. The van der Waals surface area contributed by atoms with E-state index < -0.39 is 10.8 Å². The molecule has 0 bridgehead atoms. The Bertz CT molecular complexity index is 697. The summed E-state index contributed by atoms with van der Waals surface area (Å²) in [5, 5.41) is 21.0. The number of anilines is 2. The first-order valence-corrected chi connectivity index (χ1v) is 6.36. The number of nitrogen functional groups attached to an aromatic ring is 1. The maximum atomic E-state index is 11.9. The molecule has 104 valence electrons. The average Bonchev–Trinajstić information content (AvgIpc) is 2.79. The Hall–Kier alpha value is -2.55. The normalized spacial score (nSPS) is 10.3. The van der Waals surface area contributed by atoms with E-state index in [4.69, 9.17) is 5.73 Å². The topological polar surface area (TPSA) is 124 Å². The van der Waals surface area contributed by atoms with Gasteiger partial charge in [-0.25, -0.2) is 0 Å². The zero-order chi connectivity index (χ0) is 14.9. The number of nitrogens with one attached hydrogen (secondary N) is 1. The van der Waals surface area contributed by atoms with Crippen LogP contribution in [0.25, 0.3) is 0 Å². The third kappa shape index (κ3) is 2.72. The second kappa shape index (κ2) is 5.21. The number of aromatic nitrogens is 2. The zero-order valence-corrected chi connectivity index (χ0v) is 11.5. The molecule has 0 aliphatic carbocycles. The van der Waals surface area contributed by atoms with Gasteiger partial charge in [0.15, 0.2) is 0 Å². The van der Waals surface area contributed by atoms with Crippen molar-refractivity contribution in [1.29, 1.82) is 0 Å². The van der Waals surface area contributed by atoms with Crippen molar-refractivity contribution in [3.05, 3.63) is 38.4 Å². The average molecular weight is 293 g/mol. The molecule has 0 radical (unpaired) electrons. The molecule has 3 N–H and O–H groups in total. The van der Waals surface area contributed by atoms with Crippen LogP contribution < -0.4 is 11.1 Å². The predicted octanol–water partition coefficient (Wildman–Crippen LogP) is 1.90. The van der Waals surface area contributed by atoms with E-state index >= 15 is 0 Å². The fourth-order valence-corrected chi connectivity index (χ4v) is 2.14. The zero-order valence-electron chi connectivity index (χ0n) is 10.7. The molecule has 1 amide bonds. The Labute approximate surface area is 117 Å². The van der Waals surface area contributed by atoms with Gasteiger partial charge in [0.05, 0.1) is 4.92 Å². The van der Waals surface area contributed by atoms with E-state index in [1.165, 1.54) is 6.07 Å². The van der Waals surface area contributed by atoms with E-state index in [1.807, 2.05) is 0 Å². The number of benzene rings is 1. The highest BCUT2D eigenvalue weighted by molar-refractivity contribution is 7.16. The molecule has 8 nitrogen and oxygen atoms in total. The highest BCUT2D eigenvalue weighted by atomic mass is 32.1. The van der Waals surface area contributed by atoms with E-state index in [0.29, 0.717) is 16.8 Å². The molecule has 0 fully saturated rings. The molecule has 2 rings (SSSR count). The molecular weight excluding hydrogens is 282 g/mol. The van der Waals surface area contributed by atoms with Crippen LogP contribution in [-0.4, -0.2) is 21.0 Å². The number of nitro groups is 1. The summed E-state index contributed by atoms with van der Waals surface area (Å²) in [5.74, 6) is -0.449. The standard InChI is InChI=1S/C11H11N5O3S/c1-5-4-8(16(18)19)6(2)3-7(5)13-9(17)10-14-15-11(12)20-10/h3-4H,1-2H3,(H2,12,15)(H,13,17). The molecule has 0 unspecified atom stereocenters. The van der Waals surface area contributed by atoms with Crippen LogP contribution in [0.1, 0.15) is 20.9 Å². The molecule has 2 aromatic rings. The number of carbonyl (C=O) groups is 1. The van der Waals surface area contributed by atoms with Crippen molar-refractivity contribution >= 4 is 33.8 Å². The maximum Gasteiger partial charge on any atom is 0.286 e. The number of nitro benzene ring substituents is 1. The van der Waals surface area contributed by atoms with Crippen molar-refractivity contribution in [2.24, 2.45) is 0 Å². The lowest BCUT2D eigenvalue weighted by molar-refractivity contribution is -0.385. The van der Waals surface area contributed by atoms with E-state index in [1.54, 1.807) is 19.9 Å². The Morgan fingerprint density at radius 3 is 2.60 bits per heavy atom. The summed E-state index contributed by atoms with van der Waals surface area (Å²) in [6.45, 7) is 3.28. The highest BCUT2D eigenvalue weighted by Crippen LogP contribution is 2.26. The summed E-state index contributed by atoms with van der Waals surface area (Å²) in [7, 11) is 0. The highest BCUT2D eigenvalue weighted by Gasteiger charge is 2.17. The molecule has 0 atom stereocenters. The van der Waals surface area contributed by atoms with Gasteiger partial charge in [0, 0.05) is 17.3 Å². The number of rotatable bonds is 3. The number of amides is 1. The monoisotopic (exact) mass is 293 g/mol. The third-order valence-corrected chi connectivity index (χ3v) is 3.37. The van der Waals surface area contributed by atoms with Crippen molar-refractivity contribution in [1.82, 2.24) is 10.2 Å². The van der Waals surface area contributed by atoms with Gasteiger partial charge in [0.1, 0.15) is 0 Å². The SMILES string of the molecule is Cc1cc([N+](=O)[O-])c(C)cc1NC(=O)c1nnc(N)s1. The molecule has 0 spiro atoms. The Morgan fingerprint density at radius 1 is 1.35 bits per heavy atom. The number of nitrogens with two attached hydrogens (primary N) is 1. The van der Waals surface area contributed by atoms with Gasteiger partial charge in [-0.1, -0.05) is 11.3 Å². The van der Waals surface area contributed by atoms with Crippen LogP contribution in [0.2, 0.25) is 0 Å². The van der Waals surface area contributed by atoms with Gasteiger partial charge in [-0.2, -0.15) is 0 Å². The molecule has 0 aliphatic heterocycles. The molecule has 1 aromatic carbocycles. The van der Waals surface area contributed by atoms with Crippen molar-refractivity contribution in [2.45, 2.75) is 13.8 Å². The second-order valence-electron chi connectivity index (χ2n) is 4.11. The minimum Gasteiger partial charge on any atom is -0.374 e. The number of carbonyl (C=O) groups excluding carboxylic acids is 1. The van der Waals surface area contributed by atoms with Crippen LogP contribution >= 0.6 is 11.3 Å². The van der Waals surface area contributed by atoms with E-state index in [2.05, 4.69) is 15.5 Å². The van der Waals surface area contributed by atoms with Crippen molar-refractivity contribution in [2.75, 3.05) is 11.1 Å². The van der Waals surface area contributed by atoms with Gasteiger partial charge in [0.2, 0.25) is 10.1 Å². The van der Waals surface area contributed by atoms with Crippen LogP contribution in [0.5, 0.6) is 0 Å². The first-order valence-electron chi connectivity index (χ1n) is 5.54. The van der Waals surface area contributed by atoms with Crippen LogP contribution in [0.15, 0.2) is 12.1 Å². The molecule has 9 heteroatoms. The molecule has 20 heavy (non-hydrogen) atoms. The van der Waals surface area contributed by atoms with Crippen LogP contribution in [-0.2, 0) is 0 Å². The first kappa shape index (κ1) is 13.9. The van der Waals surface area contributed by atoms with Crippen LogP contribution in [0.3, 0.4) is 0 Å². The first-order chi connectivity index (χ1) is 9.38. The number of aryl methyl sites for hydroxylation is 2. The summed E-state index contributed by atoms with van der Waals surface area (Å²) in [6, 6.07) is 2.97. The smallest absolute Gasteiger partial charge is 0.286 e. The molecule has 0 aliphatic rings. The molecular formula is C11H11N5O3S. The second-order valence-corrected chi connectivity index (χ2v) is 5.12. The van der Waals surface area contributed by atoms with Gasteiger partial charge in [-0.15, -0.1) is 10.2 Å². The summed E-state index contributed by atoms with van der Waals surface area (Å²) < 4.78 is 0. The number of hydrogen-bond acceptors (Lipinski definition) is 7. The molecule has 1 heterocycles. The van der Waals surface area contributed by atoms with E-state index in [9.17, 15) is 14.9 Å². The lowest BCUT2D eigenvalue weighted by atomic mass is 10.1. The van der Waals surface area contributed by atoms with E-state index in [0.717, 1.165) is 11.3 Å². The summed E-state index contributed by atoms with van der Waals surface area (Å²) >= 11 is 0.968. The summed E-state index contributed by atoms with van der Waals surface area (Å²) in [6.07, 6.45) is 0. The number of nitrogens with zero attached hydrogens (tertiary/aromatic N) is 3. The fourth-order valence-electron chi connectivity index (χ4n) is 1.63. The molecule has 1 aromatic heterocycles. The van der Waals surface area contributed by atoms with E-state index in [-0.39, 0.29) is 15.8 Å². The lowest BCUT2D eigenvalue weighted by Gasteiger charge is -2.08. The molecule has 0 saturated heterocycles. The molecule has 0 saturated carbocycles. The minimum absolute atomic E-state index is 0.0145. The third-order valence-electron chi connectivity index (χ3n) is 2.62. The van der Waals surface area contributed by atoms with Gasteiger partial charge >= 0.3 is 0 Å². The van der Waals surface area contributed by atoms with Gasteiger partial charge in [-0.05, 0) is 25.5 Å². The van der Waals surface area contributed by atoms with Gasteiger partial charge in [0.25, 0.3) is 11.6 Å². The summed E-state index contributed by atoms with van der Waals surface area (Å²) in [4.78, 5) is 22.3. The van der Waals surface area contributed by atoms with Gasteiger partial charge in [-0.3, -0.25) is 14.9 Å². The Morgan fingerprint density at radius 2 is 2.05 bits per heavy atom. The predicted molar refractivity (Wildman–Crippen MR) is 74.8 cm³/mol. The Balaban J connectivity index is 2.28. The lowest BCUT2D eigenvalue weighted by Crippen LogP contribution is -2.13. The van der Waals surface area contributed by atoms with Crippen molar-refractivity contribution in [3.63, 3.8) is 0 Å². The number of hydrogen-bond donors (Lipinski definition) is 2. The van der Waals surface area contributed by atoms with Crippen molar-refractivity contribution < 1.29 is 9.72 Å². The van der Waals surface area contributed by atoms with Crippen molar-refractivity contribution in [3.8, 4) is 0 Å². The fraction of sp³-hybridized carbons (Fsp3) is 0.182.